The van der Waals surface area contributed by atoms with E-state index in [-0.39, 0.29) is 23.5 Å². The molecule has 0 unspecified atom stereocenters. The summed E-state index contributed by atoms with van der Waals surface area (Å²) in [5.74, 6) is 0.374. The van der Waals surface area contributed by atoms with Crippen molar-refractivity contribution in [3.8, 4) is 28.4 Å². The zero-order valence-corrected chi connectivity index (χ0v) is 24.2. The molecule has 1 aliphatic rings. The average molecular weight is 590 g/mol. The van der Waals surface area contributed by atoms with Gasteiger partial charge < -0.3 is 14.2 Å². The second-order valence-electron chi connectivity index (χ2n) is 10.7. The number of aromatic nitrogens is 4. The van der Waals surface area contributed by atoms with Crippen LogP contribution >= 0.6 is 0 Å². The van der Waals surface area contributed by atoms with Gasteiger partial charge >= 0.3 is 6.61 Å². The Morgan fingerprint density at radius 3 is 2.47 bits per heavy atom. The smallest absolute Gasteiger partial charge is 0.387 e. The van der Waals surface area contributed by atoms with Crippen molar-refractivity contribution in [1.82, 2.24) is 24.2 Å². The maximum atomic E-state index is 14.1. The minimum Gasteiger partial charge on any atom is -0.478 e. The lowest BCUT2D eigenvalue weighted by molar-refractivity contribution is -0.0687. The van der Waals surface area contributed by atoms with E-state index in [1.165, 1.54) is 16.7 Å². The Bertz CT molecular complexity index is 1790. The standard InChI is InChI=1S/C32H33F2N5O4/c1-4-41-29-12-6-23-16-27(31(40)39(30(23)35-29)25-7-9-26(10-8-25)43-32(33)34)22-5-11-28-24(15-22)19-38(36-28)14-13-37-17-20(2)42-21(3)18-37/h5-12,15-16,19-21,32H,4,13-14,17-18H2,1-3H3/t20-,21-/m0/s1. The molecule has 5 aromatic rings. The van der Waals surface area contributed by atoms with Crippen molar-refractivity contribution in [2.45, 2.75) is 46.1 Å². The van der Waals surface area contributed by atoms with Gasteiger partial charge in [-0.05, 0) is 74.9 Å². The van der Waals surface area contributed by atoms with Crippen LogP contribution in [0, 0.1) is 0 Å². The average Bonchev–Trinajstić information content (AvgIpc) is 3.38. The van der Waals surface area contributed by atoms with Gasteiger partial charge in [-0.1, -0.05) is 6.07 Å². The highest BCUT2D eigenvalue weighted by atomic mass is 19.3. The van der Waals surface area contributed by atoms with Crippen molar-refractivity contribution >= 4 is 21.9 Å². The predicted molar refractivity (Wildman–Crippen MR) is 160 cm³/mol. The highest BCUT2D eigenvalue weighted by Gasteiger charge is 2.22. The summed E-state index contributed by atoms with van der Waals surface area (Å²) in [4.78, 5) is 21.1. The van der Waals surface area contributed by atoms with Crippen molar-refractivity contribution in [1.29, 1.82) is 0 Å². The molecule has 0 saturated carbocycles. The van der Waals surface area contributed by atoms with Gasteiger partial charge in [0.2, 0.25) is 5.88 Å². The van der Waals surface area contributed by atoms with Gasteiger partial charge in [0.05, 0.1) is 36.6 Å². The Labute approximate surface area is 247 Å². The number of benzene rings is 2. The Balaban J connectivity index is 1.37. The highest BCUT2D eigenvalue weighted by molar-refractivity contribution is 5.88. The monoisotopic (exact) mass is 589 g/mol. The molecule has 0 amide bonds. The van der Waals surface area contributed by atoms with Gasteiger partial charge in [-0.3, -0.25) is 18.9 Å². The lowest BCUT2D eigenvalue weighted by Crippen LogP contribution is -2.46. The van der Waals surface area contributed by atoms with Crippen LogP contribution in [0.15, 0.2) is 71.7 Å². The summed E-state index contributed by atoms with van der Waals surface area (Å²) < 4.78 is 44.8. The molecule has 1 saturated heterocycles. The quantitative estimate of drug-likeness (QED) is 0.224. The number of hydrogen-bond donors (Lipinski definition) is 0. The summed E-state index contributed by atoms with van der Waals surface area (Å²) in [5.41, 5.74) is 2.58. The molecule has 43 heavy (non-hydrogen) atoms. The molecule has 0 bridgehead atoms. The molecule has 1 aliphatic heterocycles. The van der Waals surface area contributed by atoms with Crippen molar-refractivity contribution in [3.05, 3.63) is 77.2 Å². The molecule has 11 heteroatoms. The van der Waals surface area contributed by atoms with E-state index in [0.29, 0.717) is 29.4 Å². The van der Waals surface area contributed by atoms with E-state index in [1.54, 1.807) is 18.2 Å². The number of rotatable bonds is 9. The molecule has 2 aromatic carbocycles. The molecule has 224 valence electrons. The van der Waals surface area contributed by atoms with Gasteiger partial charge in [-0.2, -0.15) is 18.9 Å². The van der Waals surface area contributed by atoms with Crippen LogP contribution in [-0.2, 0) is 11.3 Å². The number of alkyl halides is 2. The van der Waals surface area contributed by atoms with Gasteiger partial charge in [0, 0.05) is 48.2 Å². The van der Waals surface area contributed by atoms with Crippen molar-refractivity contribution < 1.29 is 23.0 Å². The van der Waals surface area contributed by atoms with Gasteiger partial charge in [0.1, 0.15) is 5.75 Å². The third-order valence-corrected chi connectivity index (χ3v) is 7.44. The van der Waals surface area contributed by atoms with Crippen LogP contribution in [-0.4, -0.2) is 69.3 Å². The van der Waals surface area contributed by atoms with Gasteiger partial charge in [-0.25, -0.2) is 0 Å². The molecule has 6 rings (SSSR count). The summed E-state index contributed by atoms with van der Waals surface area (Å²) in [5, 5.41) is 6.39. The molecule has 0 aliphatic carbocycles. The van der Waals surface area contributed by atoms with E-state index in [1.807, 2.05) is 48.1 Å². The highest BCUT2D eigenvalue weighted by Crippen LogP contribution is 2.27. The fourth-order valence-electron chi connectivity index (χ4n) is 5.69. The molecular formula is C32H33F2N5O4. The lowest BCUT2D eigenvalue weighted by Gasteiger charge is -2.35. The van der Waals surface area contributed by atoms with Crippen LogP contribution in [0.3, 0.4) is 0 Å². The first-order valence-electron chi connectivity index (χ1n) is 14.4. The number of hydrogen-bond acceptors (Lipinski definition) is 7. The largest absolute Gasteiger partial charge is 0.478 e. The lowest BCUT2D eigenvalue weighted by atomic mass is 10.0. The third kappa shape index (κ3) is 6.23. The van der Waals surface area contributed by atoms with E-state index in [9.17, 15) is 13.6 Å². The van der Waals surface area contributed by atoms with Crippen LogP contribution in [0.5, 0.6) is 11.6 Å². The molecule has 1 fully saturated rings. The van der Waals surface area contributed by atoms with Crippen molar-refractivity contribution in [3.63, 3.8) is 0 Å². The number of nitrogens with zero attached hydrogens (tertiary/aromatic N) is 5. The molecular weight excluding hydrogens is 556 g/mol. The van der Waals surface area contributed by atoms with E-state index in [4.69, 9.17) is 14.6 Å². The Morgan fingerprint density at radius 2 is 1.74 bits per heavy atom. The van der Waals surface area contributed by atoms with E-state index in [2.05, 4.69) is 28.5 Å². The molecule has 4 heterocycles. The zero-order valence-electron chi connectivity index (χ0n) is 24.2. The van der Waals surface area contributed by atoms with Gasteiger partial charge in [0.15, 0.2) is 5.65 Å². The van der Waals surface area contributed by atoms with Gasteiger partial charge in [0.25, 0.3) is 5.56 Å². The normalized spacial score (nSPS) is 17.6. The van der Waals surface area contributed by atoms with Gasteiger partial charge in [-0.15, -0.1) is 0 Å². The topological polar surface area (TPSA) is 83.6 Å². The zero-order chi connectivity index (χ0) is 30.1. The summed E-state index contributed by atoms with van der Waals surface area (Å²) in [6.07, 6.45) is 2.42. The fourth-order valence-corrected chi connectivity index (χ4v) is 5.69. The molecule has 0 spiro atoms. The molecule has 0 N–H and O–H groups in total. The Hall–Kier alpha value is -4.35. The second-order valence-corrected chi connectivity index (χ2v) is 10.7. The van der Waals surface area contributed by atoms with Crippen LogP contribution in [0.2, 0.25) is 0 Å². The Morgan fingerprint density at radius 1 is 0.977 bits per heavy atom. The number of morpholine rings is 1. The summed E-state index contributed by atoms with van der Waals surface area (Å²) in [6, 6.07) is 17.1. The van der Waals surface area contributed by atoms with E-state index < -0.39 is 6.61 Å². The predicted octanol–water partition coefficient (Wildman–Crippen LogP) is 5.51. The molecule has 0 radical (unpaired) electrons. The van der Waals surface area contributed by atoms with E-state index >= 15 is 0 Å². The maximum Gasteiger partial charge on any atom is 0.387 e. The first kappa shape index (κ1) is 28.8. The van der Waals surface area contributed by atoms with Crippen LogP contribution < -0.4 is 15.0 Å². The third-order valence-electron chi connectivity index (χ3n) is 7.44. The first-order chi connectivity index (χ1) is 20.8. The maximum absolute atomic E-state index is 14.1. The Kier molecular flexibility index (Phi) is 8.09. The molecule has 9 nitrogen and oxygen atoms in total. The minimum absolute atomic E-state index is 0.00432. The van der Waals surface area contributed by atoms with Crippen molar-refractivity contribution in [2.24, 2.45) is 0 Å². The van der Waals surface area contributed by atoms with Crippen LogP contribution in [0.1, 0.15) is 20.8 Å². The van der Waals surface area contributed by atoms with E-state index in [0.717, 1.165) is 48.0 Å². The second kappa shape index (κ2) is 12.1. The number of halogens is 2. The molecule has 2 atom stereocenters. The number of pyridine rings is 2. The van der Waals surface area contributed by atoms with Crippen molar-refractivity contribution in [2.75, 3.05) is 26.2 Å². The SMILES string of the molecule is CCOc1ccc2cc(-c3ccc4nn(CCN5C[C@H](C)O[C@@H](C)C5)cc4c3)c(=O)n(-c3ccc(OC(F)F)cc3)c2n1. The van der Waals surface area contributed by atoms with Crippen LogP contribution in [0.4, 0.5) is 8.78 Å². The summed E-state index contributed by atoms with van der Waals surface area (Å²) in [7, 11) is 0. The summed E-state index contributed by atoms with van der Waals surface area (Å²) >= 11 is 0. The fraction of sp³-hybridized carbons (Fsp3) is 0.344. The summed E-state index contributed by atoms with van der Waals surface area (Å²) in [6.45, 7) is 6.91. The number of ether oxygens (including phenoxy) is 3. The van der Waals surface area contributed by atoms with Crippen LogP contribution in [0.25, 0.3) is 38.8 Å². The number of fused-ring (bicyclic) bond motifs is 2. The minimum atomic E-state index is -2.95. The molecule has 3 aromatic heterocycles. The first-order valence-corrected chi connectivity index (χ1v) is 14.4.